The van der Waals surface area contributed by atoms with E-state index >= 15 is 0 Å². The summed E-state index contributed by atoms with van der Waals surface area (Å²) in [5.41, 5.74) is 3.26. The van der Waals surface area contributed by atoms with Gasteiger partial charge in [-0.3, -0.25) is 4.79 Å². The number of anilines is 1. The quantitative estimate of drug-likeness (QED) is 0.376. The van der Waals surface area contributed by atoms with Gasteiger partial charge in [0.25, 0.3) is 0 Å². The molecule has 2 bridgehead atoms. The van der Waals surface area contributed by atoms with Crippen molar-refractivity contribution in [2.75, 3.05) is 18.6 Å². The van der Waals surface area contributed by atoms with Crippen molar-refractivity contribution in [1.82, 2.24) is 15.1 Å². The molecule has 8 rings (SSSR count). The lowest BCUT2D eigenvalue weighted by molar-refractivity contribution is -0.152. The van der Waals surface area contributed by atoms with Gasteiger partial charge in [0.05, 0.1) is 12.5 Å². The van der Waals surface area contributed by atoms with Gasteiger partial charge in [-0.2, -0.15) is 4.98 Å². The van der Waals surface area contributed by atoms with Gasteiger partial charge in [0.15, 0.2) is 5.82 Å². The number of amides is 1. The van der Waals surface area contributed by atoms with E-state index < -0.39 is 0 Å². The van der Waals surface area contributed by atoms with Crippen LogP contribution in [0.1, 0.15) is 81.8 Å². The standard InChI is InChI=1S/C30H34N4O3/c1-36-25-15-23(12-13-31-25)22-8-5-9-24(14-22)34(27(35)21-6-3-2-4-7-21)19-29-16-30(17-29,18-29)28-32-26(33-37-28)20-10-11-20/h5,8-9,12-15,20-21H,2-4,6-7,10-11,16-19H2,1H3. The smallest absolute Gasteiger partial charge is 0.232 e. The van der Waals surface area contributed by atoms with E-state index in [2.05, 4.69) is 39.3 Å². The molecule has 5 saturated carbocycles. The first-order valence-corrected chi connectivity index (χ1v) is 13.8. The Morgan fingerprint density at radius 3 is 2.59 bits per heavy atom. The van der Waals surface area contributed by atoms with Crippen LogP contribution in [0.15, 0.2) is 47.1 Å². The summed E-state index contributed by atoms with van der Waals surface area (Å²) in [6.07, 6.45) is 12.7. The van der Waals surface area contributed by atoms with E-state index in [9.17, 15) is 4.79 Å². The Morgan fingerprint density at radius 2 is 1.84 bits per heavy atom. The summed E-state index contributed by atoms with van der Waals surface area (Å²) in [6, 6.07) is 12.3. The van der Waals surface area contributed by atoms with Crippen molar-refractivity contribution in [2.45, 2.75) is 75.5 Å². The third-order valence-corrected chi connectivity index (χ3v) is 9.13. The molecule has 0 radical (unpaired) electrons. The maximum absolute atomic E-state index is 14.0. The first-order chi connectivity index (χ1) is 18.1. The molecular weight excluding hydrogens is 464 g/mol. The number of aromatic nitrogens is 3. The molecule has 1 aromatic carbocycles. The van der Waals surface area contributed by atoms with Gasteiger partial charge in [-0.05, 0) is 79.7 Å². The van der Waals surface area contributed by atoms with E-state index in [0.717, 1.165) is 80.0 Å². The van der Waals surface area contributed by atoms with Crippen LogP contribution >= 0.6 is 0 Å². The summed E-state index contributed by atoms with van der Waals surface area (Å²) < 4.78 is 11.1. The molecule has 1 amide bonds. The summed E-state index contributed by atoms with van der Waals surface area (Å²) in [4.78, 5) is 25.1. The molecule has 7 nitrogen and oxygen atoms in total. The highest BCUT2D eigenvalue weighted by Crippen LogP contribution is 2.73. The van der Waals surface area contributed by atoms with Crippen LogP contribution in [0.25, 0.3) is 11.1 Å². The molecule has 3 aromatic rings. The number of benzene rings is 1. The van der Waals surface area contributed by atoms with E-state index in [4.69, 9.17) is 14.2 Å². The Labute approximate surface area is 217 Å². The van der Waals surface area contributed by atoms with Crippen molar-refractivity contribution >= 4 is 11.6 Å². The molecule has 2 aromatic heterocycles. The molecule has 0 saturated heterocycles. The Hall–Kier alpha value is -3.22. The monoisotopic (exact) mass is 498 g/mol. The minimum absolute atomic E-state index is 0.0368. The Balaban J connectivity index is 1.14. The third-order valence-electron chi connectivity index (χ3n) is 9.13. The van der Waals surface area contributed by atoms with Gasteiger partial charge in [0, 0.05) is 36.3 Å². The van der Waals surface area contributed by atoms with Crippen LogP contribution in [0.2, 0.25) is 0 Å². The van der Waals surface area contributed by atoms with E-state index in [1.165, 1.54) is 19.3 Å². The molecule has 7 heteroatoms. The molecule has 192 valence electrons. The van der Waals surface area contributed by atoms with Crippen LogP contribution in [0.4, 0.5) is 5.69 Å². The van der Waals surface area contributed by atoms with Crippen molar-refractivity contribution in [1.29, 1.82) is 0 Å². The number of hydrogen-bond acceptors (Lipinski definition) is 6. The van der Waals surface area contributed by atoms with Gasteiger partial charge in [0.1, 0.15) is 0 Å². The SMILES string of the molecule is COc1cc(-c2cccc(N(CC34CC(c5nc(C6CC6)no5)(C3)C4)C(=O)C3CCCCC3)c2)ccn1. The lowest BCUT2D eigenvalue weighted by atomic mass is 9.35. The maximum atomic E-state index is 14.0. The molecule has 0 spiro atoms. The predicted molar refractivity (Wildman–Crippen MR) is 139 cm³/mol. The summed E-state index contributed by atoms with van der Waals surface area (Å²) in [6.45, 7) is 0.761. The van der Waals surface area contributed by atoms with E-state index in [1.54, 1.807) is 13.3 Å². The van der Waals surface area contributed by atoms with Crippen molar-refractivity contribution in [3.05, 3.63) is 54.3 Å². The Morgan fingerprint density at radius 1 is 1.05 bits per heavy atom. The highest BCUT2D eigenvalue weighted by Gasteiger charge is 2.71. The summed E-state index contributed by atoms with van der Waals surface area (Å²) in [5.74, 6) is 3.23. The number of nitrogens with zero attached hydrogens (tertiary/aromatic N) is 4. The van der Waals surface area contributed by atoms with Crippen molar-refractivity contribution in [2.24, 2.45) is 11.3 Å². The molecule has 0 unspecified atom stereocenters. The fraction of sp³-hybridized carbons (Fsp3) is 0.533. The van der Waals surface area contributed by atoms with Crippen LogP contribution in [-0.2, 0) is 10.2 Å². The lowest BCUT2D eigenvalue weighted by Gasteiger charge is -2.69. The average Bonchev–Trinajstić information content (AvgIpc) is 3.65. The molecule has 5 fully saturated rings. The summed E-state index contributed by atoms with van der Waals surface area (Å²) >= 11 is 0. The van der Waals surface area contributed by atoms with E-state index in [-0.39, 0.29) is 22.7 Å². The first kappa shape index (κ1) is 22.9. The third kappa shape index (κ3) is 4.03. The number of carbonyl (C=O) groups is 1. The summed E-state index contributed by atoms with van der Waals surface area (Å²) in [7, 11) is 1.63. The number of methoxy groups -OCH3 is 1. The topological polar surface area (TPSA) is 81.4 Å². The minimum atomic E-state index is 0.0368. The zero-order valence-electron chi connectivity index (χ0n) is 21.5. The van der Waals surface area contributed by atoms with Crippen LogP contribution in [0.3, 0.4) is 0 Å². The average molecular weight is 499 g/mol. The Kier molecular flexibility index (Phi) is 5.38. The maximum Gasteiger partial charge on any atom is 0.232 e. The van der Waals surface area contributed by atoms with Gasteiger partial charge in [-0.1, -0.05) is 36.6 Å². The highest BCUT2D eigenvalue weighted by molar-refractivity contribution is 5.96. The first-order valence-electron chi connectivity index (χ1n) is 13.8. The van der Waals surface area contributed by atoms with Gasteiger partial charge in [0.2, 0.25) is 17.7 Å². The number of pyridine rings is 1. The molecule has 5 aliphatic carbocycles. The van der Waals surface area contributed by atoms with Gasteiger partial charge < -0.3 is 14.2 Å². The van der Waals surface area contributed by atoms with Crippen molar-refractivity contribution in [3.8, 4) is 17.0 Å². The second-order valence-electron chi connectivity index (χ2n) is 11.9. The molecule has 37 heavy (non-hydrogen) atoms. The van der Waals surface area contributed by atoms with Gasteiger partial charge in [-0.15, -0.1) is 0 Å². The second kappa shape index (κ2) is 8.67. The molecular formula is C30H34N4O3. The molecule has 5 aliphatic rings. The predicted octanol–water partition coefficient (Wildman–Crippen LogP) is 6.05. The zero-order valence-corrected chi connectivity index (χ0v) is 21.5. The fourth-order valence-corrected chi connectivity index (χ4v) is 7.11. The molecule has 2 heterocycles. The van der Waals surface area contributed by atoms with Crippen LogP contribution in [-0.4, -0.2) is 34.7 Å². The molecule has 0 atom stereocenters. The normalized spacial score (nSPS) is 26.7. The van der Waals surface area contributed by atoms with Gasteiger partial charge in [-0.25, -0.2) is 4.98 Å². The number of carbonyl (C=O) groups excluding carboxylic acids is 1. The summed E-state index contributed by atoms with van der Waals surface area (Å²) in [5, 5.41) is 4.26. The van der Waals surface area contributed by atoms with Crippen LogP contribution in [0.5, 0.6) is 5.88 Å². The van der Waals surface area contributed by atoms with Gasteiger partial charge >= 0.3 is 0 Å². The largest absolute Gasteiger partial charge is 0.481 e. The second-order valence-corrected chi connectivity index (χ2v) is 11.9. The fourth-order valence-electron chi connectivity index (χ4n) is 7.11. The zero-order chi connectivity index (χ0) is 25.0. The number of ether oxygens (including phenoxy) is 1. The van der Waals surface area contributed by atoms with E-state index in [0.29, 0.717) is 11.8 Å². The van der Waals surface area contributed by atoms with Crippen molar-refractivity contribution in [3.63, 3.8) is 0 Å². The highest BCUT2D eigenvalue weighted by atomic mass is 16.5. The number of rotatable bonds is 8. The lowest BCUT2D eigenvalue weighted by Crippen LogP contribution is -2.68. The number of hydrogen-bond donors (Lipinski definition) is 0. The molecule has 0 aliphatic heterocycles. The van der Waals surface area contributed by atoms with Crippen LogP contribution < -0.4 is 9.64 Å². The van der Waals surface area contributed by atoms with E-state index in [1.807, 2.05) is 12.1 Å². The Bertz CT molecular complexity index is 1300. The van der Waals surface area contributed by atoms with Crippen LogP contribution in [0, 0.1) is 11.3 Å². The van der Waals surface area contributed by atoms with Crippen molar-refractivity contribution < 1.29 is 14.1 Å². The minimum Gasteiger partial charge on any atom is -0.481 e. The molecule has 0 N–H and O–H groups in total.